The van der Waals surface area contributed by atoms with Gasteiger partial charge >= 0.3 is 0 Å². The van der Waals surface area contributed by atoms with E-state index < -0.39 is 0 Å². The summed E-state index contributed by atoms with van der Waals surface area (Å²) in [6, 6.07) is 6.03. The zero-order valence-corrected chi connectivity index (χ0v) is 19.1. The summed E-state index contributed by atoms with van der Waals surface area (Å²) in [5, 5.41) is 10.9. The molecule has 0 aliphatic rings. The van der Waals surface area contributed by atoms with Crippen molar-refractivity contribution in [2.24, 2.45) is 0 Å². The van der Waals surface area contributed by atoms with Crippen LogP contribution in [0.1, 0.15) is 28.8 Å². The molecule has 12 nitrogen and oxygen atoms in total. The lowest BCUT2D eigenvalue weighted by Gasteiger charge is -2.20. The van der Waals surface area contributed by atoms with Gasteiger partial charge in [-0.1, -0.05) is 0 Å². The van der Waals surface area contributed by atoms with E-state index in [-0.39, 0.29) is 23.6 Å². The van der Waals surface area contributed by atoms with Crippen LogP contribution in [0.4, 0.5) is 0 Å². The molecule has 1 amide bonds. The number of nitrogens with zero attached hydrogens (tertiary/aromatic N) is 5. The predicted molar refractivity (Wildman–Crippen MR) is 123 cm³/mol. The number of fused-ring (bicyclic) bond motifs is 1. The molecule has 34 heavy (non-hydrogen) atoms. The fourth-order valence-electron chi connectivity index (χ4n) is 3.57. The normalized spacial score (nSPS) is 10.9. The number of hydrogen-bond acceptors (Lipinski definition) is 8. The van der Waals surface area contributed by atoms with Crippen LogP contribution in [0.2, 0.25) is 0 Å². The molecular formula is C22H23N7O5. The Kier molecular flexibility index (Phi) is 6.13. The van der Waals surface area contributed by atoms with Gasteiger partial charge in [-0.2, -0.15) is 10.2 Å². The number of nitrogens with one attached hydrogen (secondary N) is 2. The number of amides is 1. The summed E-state index contributed by atoms with van der Waals surface area (Å²) in [7, 11) is 2.99. The van der Waals surface area contributed by atoms with Crippen LogP contribution in [0, 0.1) is 6.92 Å². The van der Waals surface area contributed by atoms with E-state index in [9.17, 15) is 14.4 Å². The van der Waals surface area contributed by atoms with Crippen LogP contribution in [0.5, 0.6) is 11.5 Å². The van der Waals surface area contributed by atoms with E-state index >= 15 is 0 Å². The minimum atomic E-state index is -0.349. The van der Waals surface area contributed by atoms with E-state index in [0.29, 0.717) is 51.8 Å². The van der Waals surface area contributed by atoms with Gasteiger partial charge in [0.1, 0.15) is 5.82 Å². The third-order valence-electron chi connectivity index (χ3n) is 5.39. The molecule has 0 unspecified atom stereocenters. The molecule has 1 aromatic carbocycles. The van der Waals surface area contributed by atoms with E-state index in [1.54, 1.807) is 24.0 Å². The summed E-state index contributed by atoms with van der Waals surface area (Å²) >= 11 is 0. The number of H-pyrrole nitrogens is 2. The molecule has 0 saturated carbocycles. The minimum absolute atomic E-state index is 0.0797. The molecule has 3 heterocycles. The quantitative estimate of drug-likeness (QED) is 0.413. The number of methoxy groups -OCH3 is 2. The van der Waals surface area contributed by atoms with Crippen LogP contribution < -0.4 is 20.6 Å². The van der Waals surface area contributed by atoms with Crippen LogP contribution >= 0.6 is 0 Å². The van der Waals surface area contributed by atoms with Gasteiger partial charge in [-0.3, -0.25) is 14.4 Å². The van der Waals surface area contributed by atoms with Crippen molar-refractivity contribution >= 4 is 16.8 Å². The smallest absolute Gasteiger partial charge is 0.264 e. The Balaban J connectivity index is 1.64. The monoisotopic (exact) mass is 465 g/mol. The molecule has 0 fully saturated rings. The average molecular weight is 465 g/mol. The Bertz CT molecular complexity index is 1470. The van der Waals surface area contributed by atoms with Crippen LogP contribution in [0.3, 0.4) is 0 Å². The highest BCUT2D eigenvalue weighted by atomic mass is 16.5. The summed E-state index contributed by atoms with van der Waals surface area (Å²) in [6.45, 7) is 4.01. The van der Waals surface area contributed by atoms with Gasteiger partial charge in [-0.15, -0.1) is 0 Å². The molecule has 0 atom stereocenters. The third-order valence-corrected chi connectivity index (χ3v) is 5.39. The summed E-state index contributed by atoms with van der Waals surface area (Å²) in [6.07, 6.45) is 1.45. The van der Waals surface area contributed by atoms with Gasteiger partial charge in [0.05, 0.1) is 49.1 Å². The maximum absolute atomic E-state index is 13.3. The van der Waals surface area contributed by atoms with Gasteiger partial charge in [-0.05, 0) is 26.0 Å². The van der Waals surface area contributed by atoms with Crippen LogP contribution in [-0.4, -0.2) is 61.5 Å². The second kappa shape index (κ2) is 9.17. The van der Waals surface area contributed by atoms with Crippen LogP contribution in [0.25, 0.3) is 16.7 Å². The van der Waals surface area contributed by atoms with Gasteiger partial charge in [-0.25, -0.2) is 14.8 Å². The summed E-state index contributed by atoms with van der Waals surface area (Å²) in [4.78, 5) is 46.0. The summed E-state index contributed by atoms with van der Waals surface area (Å²) in [5.74, 6) is 1.29. The van der Waals surface area contributed by atoms with Crippen molar-refractivity contribution in [1.29, 1.82) is 0 Å². The number of ether oxygens (including phenoxy) is 2. The number of rotatable bonds is 7. The lowest BCUT2D eigenvalue weighted by atomic mass is 10.2. The van der Waals surface area contributed by atoms with Gasteiger partial charge in [0.2, 0.25) is 0 Å². The fourth-order valence-corrected chi connectivity index (χ4v) is 3.57. The highest BCUT2D eigenvalue weighted by Gasteiger charge is 2.22. The summed E-state index contributed by atoms with van der Waals surface area (Å²) < 4.78 is 12.0. The van der Waals surface area contributed by atoms with Gasteiger partial charge in [0.15, 0.2) is 17.3 Å². The molecule has 0 spiro atoms. The van der Waals surface area contributed by atoms with Crippen molar-refractivity contribution in [3.05, 3.63) is 68.3 Å². The number of aromatic nitrogens is 6. The number of aromatic amines is 2. The van der Waals surface area contributed by atoms with Crippen molar-refractivity contribution in [2.75, 3.05) is 20.8 Å². The van der Waals surface area contributed by atoms with Gasteiger partial charge in [0.25, 0.3) is 17.0 Å². The van der Waals surface area contributed by atoms with E-state index in [1.807, 2.05) is 6.92 Å². The molecule has 0 bridgehead atoms. The first-order valence-corrected chi connectivity index (χ1v) is 10.4. The Morgan fingerprint density at radius 2 is 1.88 bits per heavy atom. The van der Waals surface area contributed by atoms with Gasteiger partial charge in [0, 0.05) is 18.7 Å². The zero-order valence-electron chi connectivity index (χ0n) is 19.1. The number of carbonyl (C=O) groups excluding carboxylic acids is 1. The fraction of sp³-hybridized carbons (Fsp3) is 0.273. The molecule has 0 aliphatic heterocycles. The second-order valence-corrected chi connectivity index (χ2v) is 7.39. The molecule has 2 N–H and O–H groups in total. The maximum atomic E-state index is 13.3. The number of benzene rings is 1. The maximum Gasteiger partial charge on any atom is 0.264 e. The number of hydrogen-bond donors (Lipinski definition) is 2. The molecule has 4 rings (SSSR count). The van der Waals surface area contributed by atoms with E-state index in [0.717, 1.165) is 0 Å². The predicted octanol–water partition coefficient (Wildman–Crippen LogP) is 1.18. The first-order valence-electron chi connectivity index (χ1n) is 10.4. The minimum Gasteiger partial charge on any atom is -0.493 e. The van der Waals surface area contributed by atoms with E-state index in [4.69, 9.17) is 9.47 Å². The first-order chi connectivity index (χ1) is 16.4. The SMILES string of the molecule is CCN(Cc1nc2cc(OC)c(OC)cc2c(=O)[nH]1)C(=O)c1cnn(-c2ccc(=O)[nH]n2)c1C. The Labute approximate surface area is 193 Å². The molecule has 176 valence electrons. The lowest BCUT2D eigenvalue weighted by molar-refractivity contribution is 0.0747. The molecule has 12 heteroatoms. The molecule has 0 aliphatic carbocycles. The standard InChI is InChI=1S/C22H23N7O5/c1-5-28(22(32)14-10-23-29(12(14)2)19-6-7-20(30)27-26-19)11-18-24-15-9-17(34-4)16(33-3)8-13(15)21(31)25-18/h6-10H,5,11H2,1-4H3,(H,27,30)(H,24,25,31). The topological polar surface area (TPSA) is 148 Å². The molecular weight excluding hydrogens is 442 g/mol. The number of carbonyl (C=O) groups is 1. The van der Waals surface area contributed by atoms with Crippen molar-refractivity contribution in [1.82, 2.24) is 34.8 Å². The highest BCUT2D eigenvalue weighted by molar-refractivity contribution is 5.95. The zero-order chi connectivity index (χ0) is 24.4. The molecule has 3 aromatic heterocycles. The van der Waals surface area contributed by atoms with Crippen molar-refractivity contribution < 1.29 is 14.3 Å². The third kappa shape index (κ3) is 4.12. The Morgan fingerprint density at radius 3 is 2.53 bits per heavy atom. The largest absolute Gasteiger partial charge is 0.493 e. The van der Waals surface area contributed by atoms with Crippen molar-refractivity contribution in [3.63, 3.8) is 0 Å². The van der Waals surface area contributed by atoms with Crippen LogP contribution in [0.15, 0.2) is 40.1 Å². The Morgan fingerprint density at radius 1 is 1.15 bits per heavy atom. The highest BCUT2D eigenvalue weighted by Crippen LogP contribution is 2.30. The summed E-state index contributed by atoms with van der Waals surface area (Å²) in [5.41, 5.74) is 0.657. The first kappa shape index (κ1) is 22.7. The molecule has 0 saturated heterocycles. The van der Waals surface area contributed by atoms with Gasteiger partial charge < -0.3 is 19.4 Å². The van der Waals surface area contributed by atoms with E-state index in [1.165, 1.54) is 37.2 Å². The second-order valence-electron chi connectivity index (χ2n) is 7.39. The van der Waals surface area contributed by atoms with Crippen molar-refractivity contribution in [3.8, 4) is 17.3 Å². The average Bonchev–Trinajstić information content (AvgIpc) is 3.22. The van der Waals surface area contributed by atoms with E-state index in [2.05, 4.69) is 25.3 Å². The molecule has 0 radical (unpaired) electrons. The Hall–Kier alpha value is -4.48. The van der Waals surface area contributed by atoms with Crippen LogP contribution in [-0.2, 0) is 6.54 Å². The molecule has 4 aromatic rings. The lowest BCUT2D eigenvalue weighted by Crippen LogP contribution is -2.32. The van der Waals surface area contributed by atoms with Crippen molar-refractivity contribution in [2.45, 2.75) is 20.4 Å².